The topological polar surface area (TPSA) is 92.2 Å². The highest BCUT2D eigenvalue weighted by molar-refractivity contribution is 7.18. The maximum atomic E-state index is 12.7. The monoisotopic (exact) mass is 481 g/mol. The van der Waals surface area contributed by atoms with Gasteiger partial charge in [-0.25, -0.2) is 0 Å². The quantitative estimate of drug-likeness (QED) is 0.443. The maximum absolute atomic E-state index is 12.7. The third kappa shape index (κ3) is 4.94. The van der Waals surface area contributed by atoms with E-state index in [1.807, 2.05) is 42.5 Å². The smallest absolute Gasteiger partial charge is 0.306 e. The van der Waals surface area contributed by atoms with E-state index in [1.54, 1.807) is 6.07 Å². The number of halogens is 1. The van der Waals surface area contributed by atoms with Gasteiger partial charge >= 0.3 is 5.97 Å². The minimum atomic E-state index is -0.634. The van der Waals surface area contributed by atoms with Gasteiger partial charge in [-0.2, -0.15) is 0 Å². The summed E-state index contributed by atoms with van der Waals surface area (Å²) in [6.07, 6.45) is 5.19. The van der Waals surface area contributed by atoms with Crippen molar-refractivity contribution in [2.24, 2.45) is 17.8 Å². The Hall–Kier alpha value is -2.77. The van der Waals surface area contributed by atoms with E-state index >= 15 is 0 Å². The Bertz CT molecular complexity index is 1170. The van der Waals surface area contributed by atoms with Gasteiger partial charge in [0.05, 0.1) is 5.92 Å². The fourth-order valence-electron chi connectivity index (χ4n) is 4.99. The molecule has 170 valence electrons. The first-order valence-electron chi connectivity index (χ1n) is 11.2. The minimum absolute atomic E-state index is 0.112. The molecule has 33 heavy (non-hydrogen) atoms. The van der Waals surface area contributed by atoms with Crippen LogP contribution in [0.3, 0.4) is 0 Å². The fourth-order valence-corrected chi connectivity index (χ4v) is 5.91. The van der Waals surface area contributed by atoms with Crippen LogP contribution in [0.25, 0.3) is 10.6 Å². The van der Waals surface area contributed by atoms with E-state index in [9.17, 15) is 9.59 Å². The molecule has 2 saturated carbocycles. The van der Waals surface area contributed by atoms with Crippen molar-refractivity contribution in [2.45, 2.75) is 38.0 Å². The van der Waals surface area contributed by atoms with Gasteiger partial charge in [0.1, 0.15) is 5.01 Å². The van der Waals surface area contributed by atoms with Gasteiger partial charge in [0.25, 0.3) is 5.91 Å². The summed E-state index contributed by atoms with van der Waals surface area (Å²) in [5, 5.41) is 22.0. The van der Waals surface area contributed by atoms with Crippen molar-refractivity contribution in [3.63, 3.8) is 0 Å². The van der Waals surface area contributed by atoms with Gasteiger partial charge < -0.3 is 5.11 Å². The lowest BCUT2D eigenvalue weighted by molar-refractivity contribution is -0.139. The molecule has 8 heteroatoms. The molecule has 1 aromatic heterocycles. The lowest BCUT2D eigenvalue weighted by Crippen LogP contribution is -2.17. The largest absolute Gasteiger partial charge is 0.481 e. The fraction of sp³-hybridized carbons (Fsp3) is 0.360. The zero-order valence-corrected chi connectivity index (χ0v) is 19.5. The number of carboxylic acid groups (broad SMARTS) is 1. The first-order valence-corrected chi connectivity index (χ1v) is 12.4. The molecule has 1 unspecified atom stereocenters. The molecule has 2 N–H and O–H groups in total. The Morgan fingerprint density at radius 3 is 2.45 bits per heavy atom. The lowest BCUT2D eigenvalue weighted by Gasteiger charge is -2.29. The standard InChI is InChI=1S/C25H24ClN3O3S/c26-19-3-1-2-18(12-19)23-28-29-25(33-23)27-22(30)17-10-6-15(7-11-17)14-4-8-16(9-5-14)20-13-21(20)24(31)32/h1-3,6-7,10-12,14,16,20-21H,4-5,8-9,13H2,(H,31,32)(H,27,29,30)/t14?,16?,20?,21-/m1/s1. The Kier molecular flexibility index (Phi) is 6.17. The predicted molar refractivity (Wildman–Crippen MR) is 129 cm³/mol. The average Bonchev–Trinajstić information content (AvgIpc) is 3.51. The summed E-state index contributed by atoms with van der Waals surface area (Å²) in [7, 11) is 0. The summed E-state index contributed by atoms with van der Waals surface area (Å²) >= 11 is 7.34. The molecule has 5 rings (SSSR count). The number of anilines is 1. The first-order chi connectivity index (χ1) is 16.0. The number of carboxylic acids is 1. The van der Waals surface area contributed by atoms with Crippen LogP contribution in [-0.2, 0) is 4.79 Å². The zero-order valence-electron chi connectivity index (χ0n) is 17.9. The van der Waals surface area contributed by atoms with Crippen LogP contribution in [0.5, 0.6) is 0 Å². The molecule has 2 aliphatic carbocycles. The van der Waals surface area contributed by atoms with Gasteiger partial charge in [-0.15, -0.1) is 10.2 Å². The molecule has 0 bridgehead atoms. The number of amides is 1. The van der Waals surface area contributed by atoms with Gasteiger partial charge in [0.15, 0.2) is 0 Å². The molecule has 2 aliphatic rings. The molecule has 2 atom stereocenters. The van der Waals surface area contributed by atoms with E-state index in [1.165, 1.54) is 16.9 Å². The summed E-state index contributed by atoms with van der Waals surface area (Å²) in [5.41, 5.74) is 2.68. The molecule has 0 aliphatic heterocycles. The second-order valence-corrected chi connectivity index (χ2v) is 10.4. The SMILES string of the molecule is O=C(Nc1nnc(-c2cccc(Cl)c2)s1)c1ccc(C2CCC(C3C[C@H]3C(=O)O)CC2)cc1. The summed E-state index contributed by atoms with van der Waals surface area (Å²) in [6.45, 7) is 0. The molecule has 0 spiro atoms. The highest BCUT2D eigenvalue weighted by Gasteiger charge is 2.48. The number of nitrogens with zero attached hydrogens (tertiary/aromatic N) is 2. The van der Waals surface area contributed by atoms with E-state index in [2.05, 4.69) is 15.5 Å². The Morgan fingerprint density at radius 1 is 1.03 bits per heavy atom. The molecule has 3 aromatic rings. The Labute approximate surface area is 201 Å². The number of aliphatic carboxylic acids is 1. The van der Waals surface area contributed by atoms with Gasteiger partial charge in [0, 0.05) is 16.1 Å². The number of hydrogen-bond donors (Lipinski definition) is 2. The molecule has 0 radical (unpaired) electrons. The molecular formula is C25H24ClN3O3S. The van der Waals surface area contributed by atoms with Gasteiger partial charge in [-0.1, -0.05) is 47.2 Å². The van der Waals surface area contributed by atoms with Gasteiger partial charge in [-0.3, -0.25) is 14.9 Å². The summed E-state index contributed by atoms with van der Waals surface area (Å²) in [5.74, 6) is 0.450. The van der Waals surface area contributed by atoms with E-state index in [0.717, 1.165) is 37.7 Å². The van der Waals surface area contributed by atoms with Crippen molar-refractivity contribution in [3.05, 3.63) is 64.7 Å². The van der Waals surface area contributed by atoms with E-state index in [4.69, 9.17) is 16.7 Å². The minimum Gasteiger partial charge on any atom is -0.481 e. The third-order valence-corrected chi connectivity index (χ3v) is 8.02. The second-order valence-electron chi connectivity index (χ2n) is 8.95. The zero-order chi connectivity index (χ0) is 22.9. The second kappa shape index (κ2) is 9.23. The van der Waals surface area contributed by atoms with Crippen LogP contribution in [0, 0.1) is 17.8 Å². The molecule has 6 nitrogen and oxygen atoms in total. The Morgan fingerprint density at radius 2 is 1.79 bits per heavy atom. The van der Waals surface area contributed by atoms with Gasteiger partial charge in [-0.05, 0) is 79.7 Å². The lowest BCUT2D eigenvalue weighted by atomic mass is 9.76. The van der Waals surface area contributed by atoms with Crippen LogP contribution < -0.4 is 5.32 Å². The number of carbonyl (C=O) groups is 2. The predicted octanol–water partition coefficient (Wildman–Crippen LogP) is 6.11. The summed E-state index contributed by atoms with van der Waals surface area (Å²) in [6, 6.07) is 15.2. The van der Waals surface area contributed by atoms with Gasteiger partial charge in [0.2, 0.25) is 5.13 Å². The average molecular weight is 482 g/mol. The molecule has 1 heterocycles. The first kappa shape index (κ1) is 22.0. The van der Waals surface area contributed by atoms with Crippen molar-refractivity contribution in [1.82, 2.24) is 10.2 Å². The Balaban J connectivity index is 1.16. The van der Waals surface area contributed by atoms with Crippen LogP contribution in [0.4, 0.5) is 5.13 Å². The number of benzene rings is 2. The number of nitrogens with one attached hydrogen (secondary N) is 1. The van der Waals surface area contributed by atoms with Crippen molar-refractivity contribution in [1.29, 1.82) is 0 Å². The molecular weight excluding hydrogens is 458 g/mol. The number of rotatable bonds is 6. The highest BCUT2D eigenvalue weighted by atomic mass is 35.5. The van der Waals surface area contributed by atoms with Crippen LogP contribution in [0.2, 0.25) is 5.02 Å². The molecule has 2 fully saturated rings. The molecule has 0 saturated heterocycles. The molecule has 2 aromatic carbocycles. The van der Waals surface area contributed by atoms with Crippen molar-refractivity contribution in [3.8, 4) is 10.6 Å². The third-order valence-electron chi connectivity index (χ3n) is 6.90. The summed E-state index contributed by atoms with van der Waals surface area (Å²) in [4.78, 5) is 23.8. The van der Waals surface area contributed by atoms with Crippen LogP contribution in [0.1, 0.15) is 53.9 Å². The van der Waals surface area contributed by atoms with Crippen molar-refractivity contribution >= 4 is 39.9 Å². The number of aromatic nitrogens is 2. The van der Waals surface area contributed by atoms with Crippen molar-refractivity contribution in [2.75, 3.05) is 5.32 Å². The number of hydrogen-bond acceptors (Lipinski definition) is 5. The maximum Gasteiger partial charge on any atom is 0.306 e. The van der Waals surface area contributed by atoms with E-state index in [0.29, 0.717) is 38.5 Å². The normalized spacial score (nSPS) is 24.3. The highest BCUT2D eigenvalue weighted by Crippen LogP contribution is 2.51. The van der Waals surface area contributed by atoms with Crippen LogP contribution >= 0.6 is 22.9 Å². The van der Waals surface area contributed by atoms with Crippen LogP contribution in [-0.4, -0.2) is 27.2 Å². The molecule has 1 amide bonds. The van der Waals surface area contributed by atoms with E-state index in [-0.39, 0.29) is 11.8 Å². The van der Waals surface area contributed by atoms with E-state index < -0.39 is 5.97 Å². The number of carbonyl (C=O) groups excluding carboxylic acids is 1. The van der Waals surface area contributed by atoms with Crippen molar-refractivity contribution < 1.29 is 14.7 Å². The van der Waals surface area contributed by atoms with Crippen LogP contribution in [0.15, 0.2) is 48.5 Å². The summed E-state index contributed by atoms with van der Waals surface area (Å²) < 4.78 is 0.